The van der Waals surface area contributed by atoms with E-state index < -0.39 is 0 Å². The fourth-order valence-electron chi connectivity index (χ4n) is 4.17. The van der Waals surface area contributed by atoms with Crippen molar-refractivity contribution in [2.75, 3.05) is 10.6 Å². The molecule has 1 aromatic heterocycles. The molecule has 2 N–H and O–H groups in total. The Bertz CT molecular complexity index is 1300. The predicted octanol–water partition coefficient (Wildman–Crippen LogP) is 9.42. The van der Waals surface area contributed by atoms with Crippen LogP contribution in [0.3, 0.4) is 0 Å². The molecule has 0 spiro atoms. The molecule has 0 aliphatic rings. The summed E-state index contributed by atoms with van der Waals surface area (Å²) in [6.07, 6.45) is 0. The first-order valence-corrected chi connectivity index (χ1v) is 12.4. The number of anilines is 2. The topological polar surface area (TPSA) is 41.1 Å². The summed E-state index contributed by atoms with van der Waals surface area (Å²) in [6, 6.07) is 20.1. The van der Waals surface area contributed by atoms with Crippen LogP contribution in [0.25, 0.3) is 21.2 Å². The minimum Gasteiger partial charge on any atom is -0.307 e. The summed E-state index contributed by atoms with van der Waals surface area (Å²) < 4.78 is 1.11. The molecule has 3 nitrogen and oxygen atoms in total. The van der Waals surface area contributed by atoms with Gasteiger partial charge in [-0.3, -0.25) is 5.32 Å². The Morgan fingerprint density at radius 1 is 0.879 bits per heavy atom. The maximum absolute atomic E-state index is 13.3. The Labute approximate surface area is 204 Å². The number of nitrogens with one attached hydrogen (secondary N) is 2. The quantitative estimate of drug-likeness (QED) is 0.296. The van der Waals surface area contributed by atoms with Crippen LogP contribution in [0.1, 0.15) is 56.2 Å². The van der Waals surface area contributed by atoms with Gasteiger partial charge >= 0.3 is 6.03 Å². The van der Waals surface area contributed by atoms with Crippen molar-refractivity contribution in [3.8, 4) is 11.1 Å². The van der Waals surface area contributed by atoms with Crippen molar-refractivity contribution in [1.82, 2.24) is 0 Å². The molecule has 0 unspecified atom stereocenters. The fourth-order valence-corrected chi connectivity index (χ4v) is 5.50. The summed E-state index contributed by atoms with van der Waals surface area (Å²) in [7, 11) is 0. The van der Waals surface area contributed by atoms with Crippen molar-refractivity contribution in [1.29, 1.82) is 0 Å². The lowest BCUT2D eigenvalue weighted by Crippen LogP contribution is -2.21. The first-order chi connectivity index (χ1) is 15.8. The molecule has 33 heavy (non-hydrogen) atoms. The summed E-state index contributed by atoms with van der Waals surface area (Å²) >= 11 is 8.15. The van der Waals surface area contributed by atoms with Crippen LogP contribution in [0, 0.1) is 6.92 Å². The third-order valence-electron chi connectivity index (χ3n) is 5.83. The second-order valence-electron chi connectivity index (χ2n) is 8.99. The summed E-state index contributed by atoms with van der Waals surface area (Å²) in [5.74, 6) is 0.593. The van der Waals surface area contributed by atoms with E-state index in [1.807, 2.05) is 24.3 Å². The van der Waals surface area contributed by atoms with Crippen molar-refractivity contribution in [2.24, 2.45) is 0 Å². The third kappa shape index (κ3) is 4.78. The maximum Gasteiger partial charge on any atom is 0.324 e. The second-order valence-corrected chi connectivity index (χ2v) is 10.4. The van der Waals surface area contributed by atoms with Crippen LogP contribution in [0.15, 0.2) is 60.7 Å². The highest BCUT2D eigenvalue weighted by molar-refractivity contribution is 7.23. The van der Waals surface area contributed by atoms with Gasteiger partial charge < -0.3 is 5.32 Å². The number of urea groups is 1. The van der Waals surface area contributed by atoms with Crippen molar-refractivity contribution >= 4 is 49.7 Å². The number of hydrogen-bond acceptors (Lipinski definition) is 2. The number of carbonyl (C=O) groups excluding carboxylic acids is 1. The minimum atomic E-state index is -0.249. The van der Waals surface area contributed by atoms with E-state index in [0.29, 0.717) is 16.9 Å². The number of carbonyl (C=O) groups is 1. The Balaban J connectivity index is 1.76. The van der Waals surface area contributed by atoms with E-state index in [9.17, 15) is 4.79 Å². The van der Waals surface area contributed by atoms with E-state index in [1.54, 1.807) is 11.3 Å². The Hall–Kier alpha value is -2.82. The molecule has 3 aromatic carbocycles. The largest absolute Gasteiger partial charge is 0.324 e. The smallest absolute Gasteiger partial charge is 0.307 e. The highest BCUT2D eigenvalue weighted by atomic mass is 35.5. The number of rotatable bonds is 5. The van der Waals surface area contributed by atoms with Gasteiger partial charge in [-0.2, -0.15) is 0 Å². The van der Waals surface area contributed by atoms with Gasteiger partial charge in [0.25, 0.3) is 0 Å². The van der Waals surface area contributed by atoms with Crippen LogP contribution in [0.5, 0.6) is 0 Å². The number of aryl methyl sites for hydroxylation is 1. The van der Waals surface area contributed by atoms with E-state index in [2.05, 4.69) is 81.7 Å². The molecule has 170 valence electrons. The highest BCUT2D eigenvalue weighted by Crippen LogP contribution is 2.45. The zero-order valence-corrected chi connectivity index (χ0v) is 21.2. The summed E-state index contributed by atoms with van der Waals surface area (Å²) in [5.41, 5.74) is 6.20. The molecule has 0 radical (unpaired) electrons. The van der Waals surface area contributed by atoms with Gasteiger partial charge in [-0.25, -0.2) is 4.79 Å². The monoisotopic (exact) mass is 476 g/mol. The summed E-state index contributed by atoms with van der Waals surface area (Å²) in [4.78, 5) is 13.3. The Morgan fingerprint density at radius 2 is 1.55 bits per heavy atom. The van der Waals surface area contributed by atoms with Crippen LogP contribution in [0.4, 0.5) is 15.5 Å². The number of halogens is 1. The molecule has 4 aromatic rings. The molecule has 0 fully saturated rings. The third-order valence-corrected chi connectivity index (χ3v) is 7.24. The average molecular weight is 477 g/mol. The number of thiophene rings is 1. The van der Waals surface area contributed by atoms with E-state index in [-0.39, 0.29) is 6.03 Å². The zero-order chi connectivity index (χ0) is 23.7. The molecule has 0 aliphatic heterocycles. The normalized spacial score (nSPS) is 11.4. The summed E-state index contributed by atoms with van der Waals surface area (Å²) in [5, 5.41) is 8.84. The standard InChI is InChI=1S/C28H29ClN2OS/c1-16(2)19-10-8-11-20(17(3)4)26(19)30-28(32)31-27-25(21-9-6-7-12-23(21)29)22-15-18(5)13-14-24(22)33-27/h6-17H,1-5H3,(H2,30,31,32). The van der Waals surface area contributed by atoms with Crippen LogP contribution < -0.4 is 10.6 Å². The van der Waals surface area contributed by atoms with E-state index in [4.69, 9.17) is 11.6 Å². The van der Waals surface area contributed by atoms with Crippen LogP contribution in [-0.2, 0) is 0 Å². The molecule has 4 rings (SSSR count). The van der Waals surface area contributed by atoms with Gasteiger partial charge in [-0.15, -0.1) is 11.3 Å². The lowest BCUT2D eigenvalue weighted by molar-refractivity contribution is 0.262. The molecule has 0 aliphatic carbocycles. The predicted molar refractivity (Wildman–Crippen MR) is 144 cm³/mol. The second kappa shape index (κ2) is 9.58. The lowest BCUT2D eigenvalue weighted by atomic mass is 9.93. The Kier molecular flexibility index (Phi) is 6.78. The van der Waals surface area contributed by atoms with Gasteiger partial charge in [0, 0.05) is 31.9 Å². The molecule has 0 saturated heterocycles. The molecular weight excluding hydrogens is 448 g/mol. The molecule has 2 amide bonds. The molecular formula is C28H29ClN2OS. The number of benzene rings is 3. The molecule has 0 bridgehead atoms. The molecule has 5 heteroatoms. The molecule has 1 heterocycles. The molecule has 0 saturated carbocycles. The SMILES string of the molecule is Cc1ccc2sc(NC(=O)Nc3c(C(C)C)cccc3C(C)C)c(-c3ccccc3Cl)c2c1. The van der Waals surface area contributed by atoms with E-state index in [0.717, 1.165) is 48.6 Å². The van der Waals surface area contributed by atoms with Gasteiger partial charge in [0.1, 0.15) is 5.00 Å². The van der Waals surface area contributed by atoms with Gasteiger partial charge in [-0.05, 0) is 48.1 Å². The average Bonchev–Trinajstić information content (AvgIpc) is 3.10. The first-order valence-electron chi connectivity index (χ1n) is 11.2. The van der Waals surface area contributed by atoms with Crippen molar-refractivity contribution in [3.63, 3.8) is 0 Å². The first kappa shape index (κ1) is 23.3. The molecule has 0 atom stereocenters. The Morgan fingerprint density at radius 3 is 2.18 bits per heavy atom. The zero-order valence-electron chi connectivity index (χ0n) is 19.6. The van der Waals surface area contributed by atoms with Crippen LogP contribution in [-0.4, -0.2) is 6.03 Å². The number of amides is 2. The van der Waals surface area contributed by atoms with Gasteiger partial charge in [0.2, 0.25) is 0 Å². The van der Waals surface area contributed by atoms with Gasteiger partial charge in [-0.1, -0.05) is 87.3 Å². The summed E-state index contributed by atoms with van der Waals surface area (Å²) in [6.45, 7) is 10.7. The van der Waals surface area contributed by atoms with Crippen molar-refractivity contribution in [2.45, 2.75) is 46.5 Å². The highest BCUT2D eigenvalue weighted by Gasteiger charge is 2.20. The van der Waals surface area contributed by atoms with Crippen molar-refractivity contribution in [3.05, 3.63) is 82.4 Å². The van der Waals surface area contributed by atoms with E-state index >= 15 is 0 Å². The minimum absolute atomic E-state index is 0.249. The fraction of sp³-hybridized carbons (Fsp3) is 0.250. The number of fused-ring (bicyclic) bond motifs is 1. The van der Waals surface area contributed by atoms with Gasteiger partial charge in [0.15, 0.2) is 0 Å². The van der Waals surface area contributed by atoms with Crippen molar-refractivity contribution < 1.29 is 4.79 Å². The lowest BCUT2D eigenvalue weighted by Gasteiger charge is -2.20. The number of hydrogen-bond donors (Lipinski definition) is 2. The maximum atomic E-state index is 13.3. The van der Waals surface area contributed by atoms with Gasteiger partial charge in [0.05, 0.1) is 0 Å². The van der Waals surface area contributed by atoms with Crippen LogP contribution >= 0.6 is 22.9 Å². The number of para-hydroxylation sites is 1. The van der Waals surface area contributed by atoms with E-state index in [1.165, 1.54) is 0 Å². The van der Waals surface area contributed by atoms with Crippen LogP contribution in [0.2, 0.25) is 5.02 Å².